The number of aromatic nitrogens is 2. The molecule has 5 nitrogen and oxygen atoms in total. The van der Waals surface area contributed by atoms with Crippen molar-refractivity contribution in [3.05, 3.63) is 47.2 Å². The molecule has 0 spiro atoms. The van der Waals surface area contributed by atoms with Gasteiger partial charge in [-0.3, -0.25) is 4.79 Å². The third kappa shape index (κ3) is 3.31. The van der Waals surface area contributed by atoms with Crippen LogP contribution in [0.5, 0.6) is 0 Å². The normalized spacial score (nSPS) is 14.2. The van der Waals surface area contributed by atoms with E-state index in [4.69, 9.17) is 11.6 Å². The van der Waals surface area contributed by atoms with Gasteiger partial charge in [0.1, 0.15) is 0 Å². The van der Waals surface area contributed by atoms with Crippen molar-refractivity contribution in [2.24, 2.45) is 0 Å². The van der Waals surface area contributed by atoms with Crippen LogP contribution in [0.15, 0.2) is 36.7 Å². The second kappa shape index (κ2) is 6.10. The first-order valence-electron chi connectivity index (χ1n) is 6.86. The van der Waals surface area contributed by atoms with Gasteiger partial charge in [-0.15, -0.1) is 0 Å². The molecule has 0 radical (unpaired) electrons. The fraction of sp³-hybridized carbons (Fsp3) is 0.267. The number of anilines is 2. The number of benzene rings is 1. The highest BCUT2D eigenvalue weighted by molar-refractivity contribution is 6.30. The molecule has 0 bridgehead atoms. The molecule has 2 heterocycles. The van der Waals surface area contributed by atoms with E-state index in [0.29, 0.717) is 16.5 Å². The summed E-state index contributed by atoms with van der Waals surface area (Å²) in [6, 6.07) is 7.30. The first-order valence-corrected chi connectivity index (χ1v) is 7.24. The Bertz CT molecular complexity index is 638. The van der Waals surface area contributed by atoms with E-state index in [0.717, 1.165) is 31.6 Å². The zero-order chi connectivity index (χ0) is 14.7. The van der Waals surface area contributed by atoms with Gasteiger partial charge in [-0.2, -0.15) is 0 Å². The molecule has 1 aromatic carbocycles. The number of hydrogen-bond acceptors (Lipinski definition) is 4. The molecule has 6 heteroatoms. The van der Waals surface area contributed by atoms with E-state index in [-0.39, 0.29) is 5.91 Å². The average Bonchev–Trinajstić information content (AvgIpc) is 3.01. The molecule has 1 N–H and O–H groups in total. The molecule has 0 aliphatic carbocycles. The summed E-state index contributed by atoms with van der Waals surface area (Å²) in [6.45, 7) is 1.64. The first kappa shape index (κ1) is 13.8. The lowest BCUT2D eigenvalue weighted by Gasteiger charge is -2.14. The number of amides is 1. The van der Waals surface area contributed by atoms with Gasteiger partial charge in [0.2, 0.25) is 5.95 Å². The molecule has 2 aromatic rings. The molecule has 108 valence electrons. The minimum Gasteiger partial charge on any atom is -0.339 e. The zero-order valence-corrected chi connectivity index (χ0v) is 12.2. The van der Waals surface area contributed by atoms with E-state index in [1.807, 2.05) is 17.0 Å². The summed E-state index contributed by atoms with van der Waals surface area (Å²) in [7, 11) is 0. The van der Waals surface area contributed by atoms with E-state index < -0.39 is 0 Å². The summed E-state index contributed by atoms with van der Waals surface area (Å²) in [5.41, 5.74) is 1.33. The van der Waals surface area contributed by atoms with Crippen LogP contribution in [0.1, 0.15) is 23.2 Å². The van der Waals surface area contributed by atoms with E-state index in [1.165, 1.54) is 0 Å². The Hall–Kier alpha value is -2.14. The SMILES string of the molecule is O=C(c1cnc(Nc2cccc(Cl)c2)nc1)N1CCCC1. The van der Waals surface area contributed by atoms with Crippen molar-refractivity contribution in [2.75, 3.05) is 18.4 Å². The minimum absolute atomic E-state index is 0.00167. The van der Waals surface area contributed by atoms with E-state index >= 15 is 0 Å². The van der Waals surface area contributed by atoms with Crippen molar-refractivity contribution in [1.29, 1.82) is 0 Å². The molecule has 0 unspecified atom stereocenters. The highest BCUT2D eigenvalue weighted by atomic mass is 35.5. The maximum atomic E-state index is 12.2. The number of halogens is 1. The van der Waals surface area contributed by atoms with Crippen LogP contribution >= 0.6 is 11.6 Å². The van der Waals surface area contributed by atoms with Gasteiger partial charge >= 0.3 is 0 Å². The molecule has 1 fully saturated rings. The molecular weight excluding hydrogens is 288 g/mol. The maximum absolute atomic E-state index is 12.2. The lowest BCUT2D eigenvalue weighted by molar-refractivity contribution is 0.0792. The topological polar surface area (TPSA) is 58.1 Å². The van der Waals surface area contributed by atoms with E-state index in [2.05, 4.69) is 15.3 Å². The number of likely N-dealkylation sites (tertiary alicyclic amines) is 1. The molecule has 1 aliphatic heterocycles. The Labute approximate surface area is 128 Å². The number of rotatable bonds is 3. The Balaban J connectivity index is 1.70. The molecule has 21 heavy (non-hydrogen) atoms. The lowest BCUT2D eigenvalue weighted by Crippen LogP contribution is -2.27. The Morgan fingerprint density at radius 3 is 2.57 bits per heavy atom. The Morgan fingerprint density at radius 2 is 1.90 bits per heavy atom. The van der Waals surface area contributed by atoms with Gasteiger partial charge in [0.25, 0.3) is 5.91 Å². The molecule has 1 aliphatic rings. The van der Waals surface area contributed by atoms with Crippen LogP contribution < -0.4 is 5.32 Å². The molecular formula is C15H15ClN4O. The summed E-state index contributed by atoms with van der Waals surface area (Å²) in [4.78, 5) is 22.4. The predicted octanol–water partition coefficient (Wildman–Crippen LogP) is 3.11. The van der Waals surface area contributed by atoms with Crippen LogP contribution in [0, 0.1) is 0 Å². The smallest absolute Gasteiger partial charge is 0.256 e. The molecule has 1 saturated heterocycles. The summed E-state index contributed by atoms with van der Waals surface area (Å²) in [6.07, 6.45) is 5.25. The van der Waals surface area contributed by atoms with Crippen molar-refractivity contribution in [2.45, 2.75) is 12.8 Å². The molecule has 1 amide bonds. The second-order valence-corrected chi connectivity index (χ2v) is 5.37. The molecule has 1 aromatic heterocycles. The predicted molar refractivity (Wildman–Crippen MR) is 81.9 cm³/mol. The van der Waals surface area contributed by atoms with Gasteiger partial charge in [0, 0.05) is 36.2 Å². The van der Waals surface area contributed by atoms with Crippen LogP contribution in [0.4, 0.5) is 11.6 Å². The third-order valence-corrected chi connectivity index (χ3v) is 3.61. The first-order chi connectivity index (χ1) is 10.2. The van der Waals surface area contributed by atoms with Crippen molar-refractivity contribution in [3.8, 4) is 0 Å². The zero-order valence-electron chi connectivity index (χ0n) is 11.4. The summed E-state index contributed by atoms with van der Waals surface area (Å²) < 4.78 is 0. The Morgan fingerprint density at radius 1 is 1.19 bits per heavy atom. The summed E-state index contributed by atoms with van der Waals surface area (Å²) >= 11 is 5.92. The highest BCUT2D eigenvalue weighted by Crippen LogP contribution is 2.18. The third-order valence-electron chi connectivity index (χ3n) is 3.37. The minimum atomic E-state index is 0.00167. The van der Waals surface area contributed by atoms with Crippen LogP contribution in [-0.4, -0.2) is 33.9 Å². The quantitative estimate of drug-likeness (QED) is 0.946. The van der Waals surface area contributed by atoms with Crippen molar-refractivity contribution >= 4 is 29.1 Å². The number of carbonyl (C=O) groups is 1. The van der Waals surface area contributed by atoms with Crippen molar-refractivity contribution in [3.63, 3.8) is 0 Å². The number of nitrogens with zero attached hydrogens (tertiary/aromatic N) is 3. The van der Waals surface area contributed by atoms with Crippen LogP contribution in [0.3, 0.4) is 0 Å². The molecule has 0 saturated carbocycles. The van der Waals surface area contributed by atoms with Gasteiger partial charge in [-0.25, -0.2) is 9.97 Å². The van der Waals surface area contributed by atoms with Gasteiger partial charge in [0.05, 0.1) is 5.56 Å². The van der Waals surface area contributed by atoms with Crippen molar-refractivity contribution < 1.29 is 4.79 Å². The average molecular weight is 303 g/mol. The standard InChI is InChI=1S/C15H15ClN4O/c16-12-4-3-5-13(8-12)19-15-17-9-11(10-18-15)14(21)20-6-1-2-7-20/h3-5,8-10H,1-2,6-7H2,(H,17,18,19). The number of carbonyl (C=O) groups excluding carboxylic acids is 1. The second-order valence-electron chi connectivity index (χ2n) is 4.93. The largest absolute Gasteiger partial charge is 0.339 e. The monoisotopic (exact) mass is 302 g/mol. The van der Waals surface area contributed by atoms with Crippen LogP contribution in [-0.2, 0) is 0 Å². The van der Waals surface area contributed by atoms with Crippen molar-refractivity contribution in [1.82, 2.24) is 14.9 Å². The van der Waals surface area contributed by atoms with Gasteiger partial charge in [-0.1, -0.05) is 17.7 Å². The summed E-state index contributed by atoms with van der Waals surface area (Å²) in [5, 5.41) is 3.69. The fourth-order valence-corrected chi connectivity index (χ4v) is 2.49. The number of nitrogens with one attached hydrogen (secondary N) is 1. The Kier molecular flexibility index (Phi) is 4.01. The summed E-state index contributed by atoms with van der Waals surface area (Å²) in [5.74, 6) is 0.442. The fourth-order valence-electron chi connectivity index (χ4n) is 2.30. The lowest BCUT2D eigenvalue weighted by atomic mass is 10.3. The van der Waals surface area contributed by atoms with Crippen LogP contribution in [0.25, 0.3) is 0 Å². The van der Waals surface area contributed by atoms with Gasteiger partial charge < -0.3 is 10.2 Å². The molecule has 0 atom stereocenters. The van der Waals surface area contributed by atoms with E-state index in [9.17, 15) is 4.79 Å². The highest BCUT2D eigenvalue weighted by Gasteiger charge is 2.19. The van der Waals surface area contributed by atoms with E-state index in [1.54, 1.807) is 24.5 Å². The number of hydrogen-bond donors (Lipinski definition) is 1. The van der Waals surface area contributed by atoms with Crippen LogP contribution in [0.2, 0.25) is 5.02 Å². The van der Waals surface area contributed by atoms with Gasteiger partial charge in [0.15, 0.2) is 0 Å². The maximum Gasteiger partial charge on any atom is 0.256 e. The molecule has 3 rings (SSSR count). The van der Waals surface area contributed by atoms with Gasteiger partial charge in [-0.05, 0) is 31.0 Å².